The molecule has 0 bridgehead atoms. The Morgan fingerprint density at radius 3 is 2.71 bits per heavy atom. The number of nitrogens with zero attached hydrogens (tertiary/aromatic N) is 1. The summed E-state index contributed by atoms with van der Waals surface area (Å²) in [7, 11) is 3.26. The lowest BCUT2D eigenvalue weighted by Gasteiger charge is -2.12. The molecule has 0 unspecified atom stereocenters. The Hall–Kier alpha value is -1.10. The van der Waals surface area contributed by atoms with Gasteiger partial charge in [-0.1, -0.05) is 0 Å². The summed E-state index contributed by atoms with van der Waals surface area (Å²) >= 11 is 0. The largest absolute Gasteiger partial charge is 0.454 e. The van der Waals surface area contributed by atoms with Gasteiger partial charge < -0.3 is 15.0 Å². The van der Waals surface area contributed by atoms with Crippen molar-refractivity contribution in [2.45, 2.75) is 18.9 Å². The first-order valence-corrected chi connectivity index (χ1v) is 4.71. The molecular formula is C9H16N2O3. The first-order valence-electron chi connectivity index (χ1n) is 4.71. The van der Waals surface area contributed by atoms with Crippen LogP contribution in [0.2, 0.25) is 0 Å². The van der Waals surface area contributed by atoms with Gasteiger partial charge in [-0.3, -0.25) is 9.59 Å². The van der Waals surface area contributed by atoms with E-state index in [0.29, 0.717) is 0 Å². The molecule has 14 heavy (non-hydrogen) atoms. The van der Waals surface area contributed by atoms with Crippen molar-refractivity contribution in [2.24, 2.45) is 0 Å². The molecule has 5 heteroatoms. The Morgan fingerprint density at radius 1 is 1.50 bits per heavy atom. The van der Waals surface area contributed by atoms with Crippen molar-refractivity contribution in [3.63, 3.8) is 0 Å². The third-order valence-electron chi connectivity index (χ3n) is 2.18. The minimum absolute atomic E-state index is 0.163. The molecule has 1 rings (SSSR count). The number of likely N-dealkylation sites (N-methyl/N-ethyl adjacent to an activating group) is 1. The highest BCUT2D eigenvalue weighted by molar-refractivity contribution is 5.82. The molecule has 0 aromatic carbocycles. The average Bonchev–Trinajstić information content (AvgIpc) is 2.66. The van der Waals surface area contributed by atoms with E-state index in [-0.39, 0.29) is 24.5 Å². The van der Waals surface area contributed by atoms with Gasteiger partial charge in [-0.2, -0.15) is 0 Å². The number of esters is 1. The number of ether oxygens (including phenoxy) is 1. The van der Waals surface area contributed by atoms with Crippen molar-refractivity contribution in [3.05, 3.63) is 0 Å². The molecule has 0 spiro atoms. The molecule has 0 aromatic rings. The van der Waals surface area contributed by atoms with Crippen molar-refractivity contribution in [1.29, 1.82) is 0 Å². The van der Waals surface area contributed by atoms with Crippen LogP contribution in [0.4, 0.5) is 0 Å². The molecule has 1 heterocycles. The zero-order valence-corrected chi connectivity index (χ0v) is 8.58. The van der Waals surface area contributed by atoms with Gasteiger partial charge in [0, 0.05) is 14.1 Å². The topological polar surface area (TPSA) is 58.6 Å². The van der Waals surface area contributed by atoms with Crippen LogP contribution >= 0.6 is 0 Å². The Morgan fingerprint density at radius 2 is 2.21 bits per heavy atom. The summed E-state index contributed by atoms with van der Waals surface area (Å²) in [6.07, 6.45) is 1.79. The molecule has 0 saturated carbocycles. The molecule has 5 nitrogen and oxygen atoms in total. The van der Waals surface area contributed by atoms with Crippen LogP contribution in [0.15, 0.2) is 0 Å². The SMILES string of the molecule is CN(C)C(=O)COC(=O)[C@@H]1CCCN1. The minimum atomic E-state index is -0.322. The second-order valence-electron chi connectivity index (χ2n) is 3.54. The van der Waals surface area contributed by atoms with Gasteiger partial charge in [-0.15, -0.1) is 0 Å². The van der Waals surface area contributed by atoms with E-state index in [1.54, 1.807) is 14.1 Å². The molecule has 80 valence electrons. The lowest BCUT2D eigenvalue weighted by molar-refractivity contribution is -0.152. The van der Waals surface area contributed by atoms with Crippen molar-refractivity contribution in [2.75, 3.05) is 27.2 Å². The molecule has 1 atom stereocenters. The average molecular weight is 200 g/mol. The maximum Gasteiger partial charge on any atom is 0.323 e. The summed E-state index contributed by atoms with van der Waals surface area (Å²) in [4.78, 5) is 23.8. The predicted octanol–water partition coefficient (Wildman–Crippen LogP) is -0.630. The fourth-order valence-corrected chi connectivity index (χ4v) is 1.25. The van der Waals surface area contributed by atoms with E-state index in [9.17, 15) is 9.59 Å². The first-order chi connectivity index (χ1) is 6.61. The van der Waals surface area contributed by atoms with Crippen LogP contribution < -0.4 is 5.32 Å². The molecule has 1 amide bonds. The van der Waals surface area contributed by atoms with Crippen molar-refractivity contribution >= 4 is 11.9 Å². The predicted molar refractivity (Wildman–Crippen MR) is 50.7 cm³/mol. The number of amides is 1. The summed E-state index contributed by atoms with van der Waals surface area (Å²) in [5, 5.41) is 3.01. The third kappa shape index (κ3) is 2.99. The Labute approximate surface area is 83.4 Å². The molecule has 0 aliphatic carbocycles. The van der Waals surface area contributed by atoms with Gasteiger partial charge in [-0.05, 0) is 19.4 Å². The molecule has 1 aliphatic rings. The lowest BCUT2D eigenvalue weighted by Crippen LogP contribution is -2.35. The molecule has 0 radical (unpaired) electrons. The zero-order chi connectivity index (χ0) is 10.6. The molecular weight excluding hydrogens is 184 g/mol. The van der Waals surface area contributed by atoms with Gasteiger partial charge in [-0.25, -0.2) is 0 Å². The van der Waals surface area contributed by atoms with Crippen molar-refractivity contribution in [1.82, 2.24) is 10.2 Å². The van der Waals surface area contributed by atoms with Gasteiger partial charge >= 0.3 is 5.97 Å². The highest BCUT2D eigenvalue weighted by Crippen LogP contribution is 2.06. The van der Waals surface area contributed by atoms with E-state index < -0.39 is 0 Å². The first kappa shape index (κ1) is 11.0. The van der Waals surface area contributed by atoms with Gasteiger partial charge in [0.05, 0.1) is 0 Å². The van der Waals surface area contributed by atoms with E-state index in [0.717, 1.165) is 19.4 Å². The molecule has 1 saturated heterocycles. The number of hydrogen-bond donors (Lipinski definition) is 1. The highest BCUT2D eigenvalue weighted by atomic mass is 16.5. The van der Waals surface area contributed by atoms with Crippen LogP contribution in [0.1, 0.15) is 12.8 Å². The molecule has 0 aromatic heterocycles. The standard InChI is InChI=1S/C9H16N2O3/c1-11(2)8(12)6-14-9(13)7-4-3-5-10-7/h7,10H,3-6H2,1-2H3/t7-/m0/s1. The van der Waals surface area contributed by atoms with E-state index >= 15 is 0 Å². The number of hydrogen-bond acceptors (Lipinski definition) is 4. The van der Waals surface area contributed by atoms with Crippen LogP contribution in [-0.2, 0) is 14.3 Å². The second-order valence-corrected chi connectivity index (χ2v) is 3.54. The molecule has 1 aliphatic heterocycles. The smallest absolute Gasteiger partial charge is 0.323 e. The summed E-state index contributed by atoms with van der Waals surface area (Å²) in [5.74, 6) is -0.519. The summed E-state index contributed by atoms with van der Waals surface area (Å²) < 4.78 is 4.86. The fraction of sp³-hybridized carbons (Fsp3) is 0.778. The number of carbonyl (C=O) groups excluding carboxylic acids is 2. The number of rotatable bonds is 3. The van der Waals surface area contributed by atoms with Crippen LogP contribution in [0.3, 0.4) is 0 Å². The Balaban J connectivity index is 2.23. The van der Waals surface area contributed by atoms with Gasteiger partial charge in [0.15, 0.2) is 6.61 Å². The third-order valence-corrected chi connectivity index (χ3v) is 2.18. The molecule has 1 N–H and O–H groups in total. The summed E-state index contributed by atoms with van der Waals surface area (Å²) in [6.45, 7) is 0.686. The Bertz CT molecular complexity index is 222. The fourth-order valence-electron chi connectivity index (χ4n) is 1.25. The second kappa shape index (κ2) is 4.95. The quantitative estimate of drug-likeness (QED) is 0.616. The van der Waals surface area contributed by atoms with Gasteiger partial charge in [0.25, 0.3) is 5.91 Å². The highest BCUT2D eigenvalue weighted by Gasteiger charge is 2.23. The normalized spacial score (nSPS) is 20.6. The minimum Gasteiger partial charge on any atom is -0.454 e. The van der Waals surface area contributed by atoms with Gasteiger partial charge in [0.1, 0.15) is 6.04 Å². The van der Waals surface area contributed by atoms with Crippen LogP contribution in [-0.4, -0.2) is 50.1 Å². The molecule has 1 fully saturated rings. The van der Waals surface area contributed by atoms with Crippen LogP contribution in [0, 0.1) is 0 Å². The summed E-state index contributed by atoms with van der Waals surface area (Å²) in [6, 6.07) is -0.218. The van der Waals surface area contributed by atoms with Crippen molar-refractivity contribution < 1.29 is 14.3 Å². The maximum atomic E-state index is 11.3. The van der Waals surface area contributed by atoms with Gasteiger partial charge in [0.2, 0.25) is 0 Å². The zero-order valence-electron chi connectivity index (χ0n) is 8.58. The van der Waals surface area contributed by atoms with E-state index in [1.165, 1.54) is 4.90 Å². The van der Waals surface area contributed by atoms with Crippen LogP contribution in [0.25, 0.3) is 0 Å². The van der Waals surface area contributed by atoms with E-state index in [4.69, 9.17) is 4.74 Å². The lowest BCUT2D eigenvalue weighted by atomic mass is 10.2. The van der Waals surface area contributed by atoms with Crippen molar-refractivity contribution in [3.8, 4) is 0 Å². The van der Waals surface area contributed by atoms with Crippen LogP contribution in [0.5, 0.6) is 0 Å². The Kier molecular flexibility index (Phi) is 3.88. The van der Waals surface area contributed by atoms with E-state index in [2.05, 4.69) is 5.32 Å². The number of carbonyl (C=O) groups is 2. The summed E-state index contributed by atoms with van der Waals surface area (Å²) in [5.41, 5.74) is 0. The van der Waals surface area contributed by atoms with E-state index in [1.807, 2.05) is 0 Å². The number of nitrogens with one attached hydrogen (secondary N) is 1. The monoisotopic (exact) mass is 200 g/mol. The maximum absolute atomic E-state index is 11.3.